The molecule has 0 spiro atoms. The van der Waals surface area contributed by atoms with E-state index in [0.717, 1.165) is 22.8 Å². The lowest BCUT2D eigenvalue weighted by atomic mass is 9.84. The van der Waals surface area contributed by atoms with Crippen molar-refractivity contribution in [3.63, 3.8) is 0 Å². The van der Waals surface area contributed by atoms with Crippen LogP contribution in [0.5, 0.6) is 0 Å². The number of guanidine groups is 1. The molecule has 0 radical (unpaired) electrons. The van der Waals surface area contributed by atoms with Crippen LogP contribution in [0.25, 0.3) is 5.82 Å². The highest BCUT2D eigenvalue weighted by Crippen LogP contribution is 2.29. The quantitative estimate of drug-likeness (QED) is 0.460. The van der Waals surface area contributed by atoms with Gasteiger partial charge in [0.2, 0.25) is 0 Å². The van der Waals surface area contributed by atoms with Crippen LogP contribution in [0.4, 0.5) is 4.39 Å². The highest BCUT2D eigenvalue weighted by molar-refractivity contribution is 6.31. The van der Waals surface area contributed by atoms with E-state index in [0.29, 0.717) is 24.1 Å². The van der Waals surface area contributed by atoms with E-state index in [1.165, 1.54) is 12.1 Å². The zero-order valence-electron chi connectivity index (χ0n) is 17.6. The van der Waals surface area contributed by atoms with Crippen molar-refractivity contribution in [1.29, 1.82) is 0 Å². The Labute approximate surface area is 181 Å². The second-order valence-corrected chi connectivity index (χ2v) is 8.06. The van der Waals surface area contributed by atoms with Crippen molar-refractivity contribution in [3.8, 4) is 5.82 Å². The summed E-state index contributed by atoms with van der Waals surface area (Å²) in [4.78, 5) is 13.0. The highest BCUT2D eigenvalue weighted by Gasteiger charge is 2.24. The van der Waals surface area contributed by atoms with Crippen LogP contribution in [0.1, 0.15) is 30.8 Å². The van der Waals surface area contributed by atoms with Gasteiger partial charge in [0.05, 0.1) is 0 Å². The van der Waals surface area contributed by atoms with E-state index >= 15 is 0 Å². The molecule has 0 saturated heterocycles. The third kappa shape index (κ3) is 5.16. The number of aliphatic imine (C=N–C) groups is 1. The summed E-state index contributed by atoms with van der Waals surface area (Å²) in [5, 5.41) is 7.02. The van der Waals surface area contributed by atoms with E-state index in [2.05, 4.69) is 25.6 Å². The Morgan fingerprint density at radius 3 is 2.60 bits per heavy atom. The fourth-order valence-electron chi connectivity index (χ4n) is 3.13. The smallest absolute Gasteiger partial charge is 0.191 e. The molecule has 1 aromatic carbocycles. The second-order valence-electron chi connectivity index (χ2n) is 7.66. The molecule has 0 unspecified atom stereocenters. The molecule has 6 nitrogen and oxygen atoms in total. The third-order valence-corrected chi connectivity index (χ3v) is 5.24. The molecule has 3 aromatic rings. The van der Waals surface area contributed by atoms with Crippen molar-refractivity contribution in [1.82, 2.24) is 25.2 Å². The molecule has 0 aliphatic rings. The Kier molecular flexibility index (Phi) is 6.72. The molecule has 0 amide bonds. The second kappa shape index (κ2) is 9.26. The molecule has 2 aromatic heterocycles. The number of hydrogen-bond donors (Lipinski definition) is 2. The number of nitrogens with zero attached hydrogens (tertiary/aromatic N) is 4. The molecule has 0 atom stereocenters. The van der Waals surface area contributed by atoms with E-state index in [9.17, 15) is 4.39 Å². The van der Waals surface area contributed by atoms with Gasteiger partial charge in [0.1, 0.15) is 17.5 Å². The monoisotopic (exact) mass is 428 g/mol. The van der Waals surface area contributed by atoms with Crippen LogP contribution in [0.3, 0.4) is 0 Å². The van der Waals surface area contributed by atoms with Crippen LogP contribution >= 0.6 is 11.6 Å². The standard InChI is InChI=1S/C22H26ClFN6/c1-15-26-9-10-30(15)20-8-5-16(12-27-20)13-28-21(25-4)29-14-22(2,3)18-7-6-17(24)11-19(18)23/h5-12H,13-14H2,1-4H3,(H2,25,28,29). The number of halogens is 2. The summed E-state index contributed by atoms with van der Waals surface area (Å²) < 4.78 is 15.3. The zero-order chi connectivity index (χ0) is 21.7. The molecule has 8 heteroatoms. The zero-order valence-corrected chi connectivity index (χ0v) is 18.3. The Morgan fingerprint density at radius 1 is 1.20 bits per heavy atom. The number of nitrogens with one attached hydrogen (secondary N) is 2. The summed E-state index contributed by atoms with van der Waals surface area (Å²) in [7, 11) is 1.72. The SMILES string of the molecule is CN=C(NCc1ccc(-n2ccnc2C)nc1)NCC(C)(C)c1ccc(F)cc1Cl. The van der Waals surface area contributed by atoms with Gasteiger partial charge in [-0.25, -0.2) is 14.4 Å². The van der Waals surface area contributed by atoms with E-state index in [-0.39, 0.29) is 11.2 Å². The lowest BCUT2D eigenvalue weighted by molar-refractivity contribution is 0.507. The number of pyridine rings is 1. The molecule has 0 aliphatic carbocycles. The van der Waals surface area contributed by atoms with Crippen molar-refractivity contribution >= 4 is 17.6 Å². The van der Waals surface area contributed by atoms with E-state index in [1.807, 2.05) is 49.9 Å². The first-order valence-electron chi connectivity index (χ1n) is 9.65. The van der Waals surface area contributed by atoms with Gasteiger partial charge < -0.3 is 10.6 Å². The molecule has 0 aliphatic heterocycles. The summed E-state index contributed by atoms with van der Waals surface area (Å²) in [6, 6.07) is 8.47. The number of imidazole rings is 1. The maximum atomic E-state index is 13.4. The fourth-order valence-corrected chi connectivity index (χ4v) is 3.55. The number of benzene rings is 1. The predicted molar refractivity (Wildman–Crippen MR) is 119 cm³/mol. The molecule has 0 bridgehead atoms. The van der Waals surface area contributed by atoms with Crippen LogP contribution in [-0.4, -0.2) is 34.1 Å². The average Bonchev–Trinajstić information content (AvgIpc) is 3.14. The molecule has 3 rings (SSSR count). The Bertz CT molecular complexity index is 1030. The summed E-state index contributed by atoms with van der Waals surface area (Å²) in [6.07, 6.45) is 5.47. The van der Waals surface area contributed by atoms with Gasteiger partial charge in [-0.1, -0.05) is 37.6 Å². The molecule has 30 heavy (non-hydrogen) atoms. The van der Waals surface area contributed by atoms with Crippen molar-refractivity contribution < 1.29 is 4.39 Å². The molecule has 158 valence electrons. The maximum Gasteiger partial charge on any atom is 0.191 e. The molecule has 0 fully saturated rings. The van der Waals surface area contributed by atoms with Crippen LogP contribution < -0.4 is 10.6 Å². The summed E-state index contributed by atoms with van der Waals surface area (Å²) >= 11 is 6.24. The van der Waals surface area contributed by atoms with Gasteiger partial charge in [0, 0.05) is 49.2 Å². The van der Waals surface area contributed by atoms with Crippen LogP contribution in [0.2, 0.25) is 5.02 Å². The lowest BCUT2D eigenvalue weighted by Gasteiger charge is -2.27. The largest absolute Gasteiger partial charge is 0.356 e. The molecule has 2 N–H and O–H groups in total. The number of aromatic nitrogens is 3. The number of rotatable bonds is 6. The van der Waals surface area contributed by atoms with Crippen LogP contribution in [0, 0.1) is 12.7 Å². The van der Waals surface area contributed by atoms with Crippen LogP contribution in [-0.2, 0) is 12.0 Å². The van der Waals surface area contributed by atoms with Gasteiger partial charge in [0.25, 0.3) is 0 Å². The maximum absolute atomic E-state index is 13.4. The van der Waals surface area contributed by atoms with Crippen molar-refractivity contribution in [2.75, 3.05) is 13.6 Å². The number of hydrogen-bond acceptors (Lipinski definition) is 3. The minimum Gasteiger partial charge on any atom is -0.356 e. The summed E-state index contributed by atoms with van der Waals surface area (Å²) in [5.41, 5.74) is 1.59. The molecule has 0 saturated carbocycles. The molecular weight excluding hydrogens is 403 g/mol. The van der Waals surface area contributed by atoms with Gasteiger partial charge in [0.15, 0.2) is 5.96 Å². The minimum atomic E-state index is -0.340. The van der Waals surface area contributed by atoms with Gasteiger partial charge in [-0.2, -0.15) is 0 Å². The third-order valence-electron chi connectivity index (χ3n) is 4.92. The van der Waals surface area contributed by atoms with Gasteiger partial charge >= 0.3 is 0 Å². The summed E-state index contributed by atoms with van der Waals surface area (Å²) in [5.74, 6) is 2.04. The first kappa shape index (κ1) is 21.8. The Hall–Kier alpha value is -2.93. The van der Waals surface area contributed by atoms with Crippen molar-refractivity contribution in [2.45, 2.75) is 32.7 Å². The van der Waals surface area contributed by atoms with E-state index < -0.39 is 0 Å². The Morgan fingerprint density at radius 2 is 2.00 bits per heavy atom. The first-order valence-corrected chi connectivity index (χ1v) is 10.0. The Balaban J connectivity index is 1.57. The highest BCUT2D eigenvalue weighted by atomic mass is 35.5. The van der Waals surface area contributed by atoms with Crippen molar-refractivity contribution in [2.24, 2.45) is 4.99 Å². The molecule has 2 heterocycles. The first-order chi connectivity index (χ1) is 14.3. The fraction of sp³-hybridized carbons (Fsp3) is 0.318. The van der Waals surface area contributed by atoms with Gasteiger partial charge in [-0.15, -0.1) is 0 Å². The van der Waals surface area contributed by atoms with E-state index in [1.54, 1.807) is 19.3 Å². The lowest BCUT2D eigenvalue weighted by Crippen LogP contribution is -2.43. The van der Waals surface area contributed by atoms with Crippen molar-refractivity contribution in [3.05, 3.63) is 76.7 Å². The van der Waals surface area contributed by atoms with Gasteiger partial charge in [-0.3, -0.25) is 9.56 Å². The van der Waals surface area contributed by atoms with E-state index in [4.69, 9.17) is 11.6 Å². The normalized spacial score (nSPS) is 12.1. The van der Waals surface area contributed by atoms with Crippen LogP contribution in [0.15, 0.2) is 53.9 Å². The number of aryl methyl sites for hydroxylation is 1. The van der Waals surface area contributed by atoms with Gasteiger partial charge in [-0.05, 0) is 36.2 Å². The summed E-state index contributed by atoms with van der Waals surface area (Å²) in [6.45, 7) is 7.19. The minimum absolute atomic E-state index is 0.311. The predicted octanol–water partition coefficient (Wildman–Crippen LogP) is 4.01. The average molecular weight is 429 g/mol. The topological polar surface area (TPSA) is 67.1 Å². The molecular formula is C22H26ClFN6.